The molecule has 2 N–H and O–H groups in total. The standard InChI is InChI=1S/C22H16N4S/c23-13-14-5-4-6-15(11-14)20-25-19(24)17-12-18(27-21(17)26-20)22(9-10-22)16-7-2-1-3-8-16/h1-8,11-12H,9-10H2,(H2,24,25,26). The summed E-state index contributed by atoms with van der Waals surface area (Å²) in [5.41, 5.74) is 9.11. The van der Waals surface area contributed by atoms with Crippen LogP contribution in [0.3, 0.4) is 0 Å². The largest absolute Gasteiger partial charge is 0.383 e. The molecule has 27 heavy (non-hydrogen) atoms. The fourth-order valence-electron chi connectivity index (χ4n) is 3.60. The Labute approximate surface area is 160 Å². The van der Waals surface area contributed by atoms with Crippen molar-refractivity contribution in [3.8, 4) is 17.5 Å². The van der Waals surface area contributed by atoms with Crippen molar-refractivity contribution >= 4 is 27.4 Å². The summed E-state index contributed by atoms with van der Waals surface area (Å²) >= 11 is 1.70. The number of aromatic nitrogens is 2. The zero-order chi connectivity index (χ0) is 18.4. The monoisotopic (exact) mass is 368 g/mol. The second-order valence-electron chi connectivity index (χ2n) is 6.90. The highest BCUT2D eigenvalue weighted by Gasteiger charge is 2.47. The van der Waals surface area contributed by atoms with Crippen LogP contribution in [-0.2, 0) is 5.41 Å². The maximum absolute atomic E-state index is 9.13. The third kappa shape index (κ3) is 2.57. The molecule has 4 aromatic rings. The Balaban J connectivity index is 1.63. The summed E-state index contributed by atoms with van der Waals surface area (Å²) in [5.74, 6) is 1.05. The maximum Gasteiger partial charge on any atom is 0.163 e. The van der Waals surface area contributed by atoms with Gasteiger partial charge in [-0.15, -0.1) is 11.3 Å². The molecule has 2 heterocycles. The van der Waals surface area contributed by atoms with Gasteiger partial charge in [0.05, 0.1) is 17.0 Å². The Bertz CT molecular complexity index is 1200. The number of nitriles is 1. The first-order chi connectivity index (χ1) is 13.2. The number of fused-ring (bicyclic) bond motifs is 1. The molecule has 2 aromatic heterocycles. The van der Waals surface area contributed by atoms with Crippen molar-refractivity contribution in [3.05, 3.63) is 76.7 Å². The summed E-state index contributed by atoms with van der Waals surface area (Å²) in [4.78, 5) is 11.5. The highest BCUT2D eigenvalue weighted by Crippen LogP contribution is 2.56. The maximum atomic E-state index is 9.13. The number of benzene rings is 2. The summed E-state index contributed by atoms with van der Waals surface area (Å²) in [6.07, 6.45) is 2.29. The van der Waals surface area contributed by atoms with Crippen LogP contribution in [0.2, 0.25) is 0 Å². The lowest BCUT2D eigenvalue weighted by Crippen LogP contribution is -2.05. The first-order valence-corrected chi connectivity index (χ1v) is 9.65. The van der Waals surface area contributed by atoms with Gasteiger partial charge in [-0.25, -0.2) is 9.97 Å². The number of rotatable bonds is 3. The van der Waals surface area contributed by atoms with Crippen LogP contribution in [0.15, 0.2) is 60.7 Å². The predicted molar refractivity (Wildman–Crippen MR) is 108 cm³/mol. The van der Waals surface area contributed by atoms with Crippen LogP contribution in [0.25, 0.3) is 21.6 Å². The number of thiophene rings is 1. The molecule has 1 fully saturated rings. The molecule has 5 heteroatoms. The summed E-state index contributed by atoms with van der Waals surface area (Å²) < 4.78 is 0. The van der Waals surface area contributed by atoms with Crippen LogP contribution in [0.5, 0.6) is 0 Å². The summed E-state index contributed by atoms with van der Waals surface area (Å²) in [6, 6.07) is 22.3. The first-order valence-electron chi connectivity index (χ1n) is 8.83. The van der Waals surface area contributed by atoms with Gasteiger partial charge in [0.15, 0.2) is 5.82 Å². The average Bonchev–Trinajstić information content (AvgIpc) is 3.41. The molecule has 0 amide bonds. The zero-order valence-electron chi connectivity index (χ0n) is 14.5. The Hall–Kier alpha value is -3.23. The second kappa shape index (κ2) is 5.90. The molecule has 0 aliphatic heterocycles. The van der Waals surface area contributed by atoms with Crippen molar-refractivity contribution in [1.82, 2.24) is 9.97 Å². The van der Waals surface area contributed by atoms with Crippen LogP contribution in [0.1, 0.15) is 28.8 Å². The second-order valence-corrected chi connectivity index (χ2v) is 7.93. The number of nitrogens with two attached hydrogens (primary N) is 1. The van der Waals surface area contributed by atoms with Crippen LogP contribution in [0.4, 0.5) is 5.82 Å². The SMILES string of the molecule is N#Cc1cccc(-c2nc(N)c3cc(C4(c5ccccc5)CC4)sc3n2)c1. The van der Waals surface area contributed by atoms with Gasteiger partial charge in [0.25, 0.3) is 0 Å². The van der Waals surface area contributed by atoms with E-state index in [-0.39, 0.29) is 5.41 Å². The van der Waals surface area contributed by atoms with Gasteiger partial charge in [-0.05, 0) is 36.6 Å². The normalized spacial score (nSPS) is 14.8. The van der Waals surface area contributed by atoms with E-state index in [1.807, 2.05) is 12.1 Å². The van der Waals surface area contributed by atoms with Crippen LogP contribution in [0, 0.1) is 11.3 Å². The fourth-order valence-corrected chi connectivity index (χ4v) is 4.90. The Kier molecular flexibility index (Phi) is 3.49. The van der Waals surface area contributed by atoms with E-state index in [0.29, 0.717) is 17.2 Å². The molecule has 0 radical (unpaired) electrons. The molecule has 1 aliphatic carbocycles. The van der Waals surface area contributed by atoms with Crippen LogP contribution >= 0.6 is 11.3 Å². The Morgan fingerprint density at radius 1 is 1.00 bits per heavy atom. The van der Waals surface area contributed by atoms with Gasteiger partial charge in [0, 0.05) is 15.9 Å². The van der Waals surface area contributed by atoms with E-state index in [0.717, 1.165) is 28.6 Å². The van der Waals surface area contributed by atoms with E-state index in [9.17, 15) is 0 Å². The summed E-state index contributed by atoms with van der Waals surface area (Å²) in [7, 11) is 0. The molecule has 5 rings (SSSR count). The molecule has 2 aromatic carbocycles. The van der Waals surface area contributed by atoms with Crippen LogP contribution < -0.4 is 5.73 Å². The fraction of sp³-hybridized carbons (Fsp3) is 0.136. The van der Waals surface area contributed by atoms with Crippen molar-refractivity contribution in [2.45, 2.75) is 18.3 Å². The van der Waals surface area contributed by atoms with E-state index in [4.69, 9.17) is 16.0 Å². The summed E-state index contributed by atoms with van der Waals surface area (Å²) in [5, 5.41) is 10.0. The van der Waals surface area contributed by atoms with Gasteiger partial charge in [-0.2, -0.15) is 5.26 Å². The van der Waals surface area contributed by atoms with Crippen LogP contribution in [-0.4, -0.2) is 9.97 Å². The smallest absolute Gasteiger partial charge is 0.163 e. The lowest BCUT2D eigenvalue weighted by Gasteiger charge is -2.13. The molecule has 1 aliphatic rings. The molecule has 0 spiro atoms. The Morgan fingerprint density at radius 3 is 2.56 bits per heavy atom. The number of hydrogen-bond donors (Lipinski definition) is 1. The minimum absolute atomic E-state index is 0.0972. The molecule has 0 saturated heterocycles. The lowest BCUT2D eigenvalue weighted by molar-refractivity contribution is 0.872. The topological polar surface area (TPSA) is 75.6 Å². The number of nitrogen functional groups attached to an aromatic ring is 1. The van der Waals surface area contributed by atoms with E-state index in [2.05, 4.69) is 47.5 Å². The summed E-state index contributed by atoms with van der Waals surface area (Å²) in [6.45, 7) is 0. The number of anilines is 1. The van der Waals surface area contributed by atoms with Gasteiger partial charge >= 0.3 is 0 Å². The van der Waals surface area contributed by atoms with Gasteiger partial charge in [-0.1, -0.05) is 42.5 Å². The van der Waals surface area contributed by atoms with Gasteiger partial charge in [0.2, 0.25) is 0 Å². The molecule has 130 valence electrons. The van der Waals surface area contributed by atoms with E-state index in [1.54, 1.807) is 23.5 Å². The molecule has 0 atom stereocenters. The third-order valence-corrected chi connectivity index (χ3v) is 6.45. The lowest BCUT2D eigenvalue weighted by atomic mass is 9.94. The van der Waals surface area contributed by atoms with Crippen molar-refractivity contribution in [2.24, 2.45) is 0 Å². The molecule has 4 nitrogen and oxygen atoms in total. The van der Waals surface area contributed by atoms with Gasteiger partial charge < -0.3 is 5.73 Å². The third-order valence-electron chi connectivity index (χ3n) is 5.22. The van der Waals surface area contributed by atoms with Crippen molar-refractivity contribution in [3.63, 3.8) is 0 Å². The number of nitrogens with zero attached hydrogens (tertiary/aromatic N) is 3. The average molecular weight is 368 g/mol. The van der Waals surface area contributed by atoms with Crippen molar-refractivity contribution in [2.75, 3.05) is 5.73 Å². The highest BCUT2D eigenvalue weighted by molar-refractivity contribution is 7.19. The van der Waals surface area contributed by atoms with E-state index < -0.39 is 0 Å². The Morgan fingerprint density at radius 2 is 1.81 bits per heavy atom. The number of hydrogen-bond acceptors (Lipinski definition) is 5. The molecular formula is C22H16N4S. The highest BCUT2D eigenvalue weighted by atomic mass is 32.1. The minimum atomic E-state index is 0.0972. The van der Waals surface area contributed by atoms with E-state index in [1.165, 1.54) is 10.4 Å². The quantitative estimate of drug-likeness (QED) is 0.558. The minimum Gasteiger partial charge on any atom is -0.383 e. The molecular weight excluding hydrogens is 352 g/mol. The van der Waals surface area contributed by atoms with Crippen molar-refractivity contribution < 1.29 is 0 Å². The molecule has 0 bridgehead atoms. The zero-order valence-corrected chi connectivity index (χ0v) is 15.3. The molecule has 1 saturated carbocycles. The van der Waals surface area contributed by atoms with E-state index >= 15 is 0 Å². The van der Waals surface area contributed by atoms with Gasteiger partial charge in [0.1, 0.15) is 10.6 Å². The first kappa shape index (κ1) is 16.0. The van der Waals surface area contributed by atoms with Crippen molar-refractivity contribution in [1.29, 1.82) is 5.26 Å². The molecule has 0 unspecified atom stereocenters. The van der Waals surface area contributed by atoms with Gasteiger partial charge in [-0.3, -0.25) is 0 Å². The predicted octanol–water partition coefficient (Wildman–Crippen LogP) is 4.89.